The van der Waals surface area contributed by atoms with Crippen LogP contribution in [0, 0.1) is 14.2 Å². The van der Waals surface area contributed by atoms with Gasteiger partial charge in [0.15, 0.2) is 4.77 Å². The summed E-state index contributed by atoms with van der Waals surface area (Å²) in [6, 6.07) is 10.2. The molecular formula is C13H7ClFIN2S. The van der Waals surface area contributed by atoms with E-state index in [9.17, 15) is 4.39 Å². The van der Waals surface area contributed by atoms with E-state index < -0.39 is 0 Å². The number of rotatable bonds is 1. The van der Waals surface area contributed by atoms with Gasteiger partial charge >= 0.3 is 0 Å². The molecule has 0 aliphatic carbocycles. The van der Waals surface area contributed by atoms with Crippen LogP contribution in [0.5, 0.6) is 0 Å². The molecule has 0 fully saturated rings. The second kappa shape index (κ2) is 4.88. The Kier molecular flexibility index (Phi) is 3.36. The summed E-state index contributed by atoms with van der Waals surface area (Å²) < 4.78 is 16.6. The molecule has 1 aromatic heterocycles. The van der Waals surface area contributed by atoms with Crippen molar-refractivity contribution < 1.29 is 4.39 Å². The SMILES string of the molecule is Fc1ccc(-n2c(=S)[nH]c3cc(I)ccc32)c(Cl)c1. The standard InChI is InChI=1S/C13H7ClFIN2S/c14-9-5-7(15)1-3-11(9)18-12-4-2-8(16)6-10(12)17-13(18)19/h1-6H,(H,17,19). The van der Waals surface area contributed by atoms with Gasteiger partial charge in [0.05, 0.1) is 21.7 Å². The van der Waals surface area contributed by atoms with Gasteiger partial charge in [-0.3, -0.25) is 4.57 Å². The highest BCUT2D eigenvalue weighted by molar-refractivity contribution is 14.1. The molecular weight excluding hydrogens is 398 g/mol. The third-order valence-corrected chi connectivity index (χ3v) is 4.05. The number of hydrogen-bond donors (Lipinski definition) is 1. The summed E-state index contributed by atoms with van der Waals surface area (Å²) in [4.78, 5) is 3.13. The topological polar surface area (TPSA) is 20.7 Å². The zero-order valence-corrected chi connectivity index (χ0v) is 13.2. The number of nitrogens with zero attached hydrogens (tertiary/aromatic N) is 1. The Morgan fingerprint density at radius 3 is 2.74 bits per heavy atom. The van der Waals surface area contributed by atoms with E-state index in [1.807, 2.05) is 22.8 Å². The van der Waals surface area contributed by atoms with Gasteiger partial charge in [-0.15, -0.1) is 0 Å². The summed E-state index contributed by atoms with van der Waals surface area (Å²) in [5, 5.41) is 0.329. The predicted molar refractivity (Wildman–Crippen MR) is 86.1 cm³/mol. The van der Waals surface area contributed by atoms with E-state index >= 15 is 0 Å². The lowest BCUT2D eigenvalue weighted by molar-refractivity contribution is 0.627. The zero-order chi connectivity index (χ0) is 13.6. The Morgan fingerprint density at radius 1 is 1.21 bits per heavy atom. The number of halogens is 3. The van der Waals surface area contributed by atoms with Gasteiger partial charge in [0.25, 0.3) is 0 Å². The number of nitrogens with one attached hydrogen (secondary N) is 1. The van der Waals surface area contributed by atoms with Crippen molar-refractivity contribution in [1.82, 2.24) is 9.55 Å². The summed E-state index contributed by atoms with van der Waals surface area (Å²) in [5.41, 5.74) is 2.51. The van der Waals surface area contributed by atoms with Crippen molar-refractivity contribution in [2.75, 3.05) is 0 Å². The number of hydrogen-bond acceptors (Lipinski definition) is 1. The molecule has 6 heteroatoms. The number of imidazole rings is 1. The summed E-state index contributed by atoms with van der Waals surface area (Å²) >= 11 is 13.7. The van der Waals surface area contributed by atoms with Gasteiger partial charge in [-0.25, -0.2) is 4.39 Å². The second-order valence-corrected chi connectivity index (χ2v) is 6.06. The lowest BCUT2D eigenvalue weighted by atomic mass is 10.2. The molecule has 0 atom stereocenters. The van der Waals surface area contributed by atoms with Crippen molar-refractivity contribution in [3.8, 4) is 5.69 Å². The van der Waals surface area contributed by atoms with E-state index in [1.165, 1.54) is 12.1 Å². The van der Waals surface area contributed by atoms with Crippen molar-refractivity contribution in [2.45, 2.75) is 0 Å². The van der Waals surface area contributed by atoms with Crippen LogP contribution in [0.1, 0.15) is 0 Å². The maximum absolute atomic E-state index is 13.1. The van der Waals surface area contributed by atoms with Crippen LogP contribution in [0.15, 0.2) is 36.4 Å². The number of benzene rings is 2. The van der Waals surface area contributed by atoms with Gasteiger partial charge in [0, 0.05) is 3.57 Å². The minimum Gasteiger partial charge on any atom is -0.330 e. The quantitative estimate of drug-likeness (QED) is 0.443. The third kappa shape index (κ3) is 2.30. The first-order valence-electron chi connectivity index (χ1n) is 5.42. The Balaban J connectivity index is 2.36. The van der Waals surface area contributed by atoms with Crippen molar-refractivity contribution in [3.05, 3.63) is 55.6 Å². The second-order valence-electron chi connectivity index (χ2n) is 4.02. The molecule has 0 saturated heterocycles. The van der Waals surface area contributed by atoms with Gasteiger partial charge in [-0.2, -0.15) is 0 Å². The number of fused-ring (bicyclic) bond motifs is 1. The lowest BCUT2D eigenvalue weighted by Gasteiger charge is -2.07. The summed E-state index contributed by atoms with van der Waals surface area (Å²) in [6.45, 7) is 0. The maximum Gasteiger partial charge on any atom is 0.182 e. The van der Waals surface area contributed by atoms with Crippen molar-refractivity contribution in [2.24, 2.45) is 0 Å². The molecule has 0 aliphatic heterocycles. The number of aromatic nitrogens is 2. The average Bonchev–Trinajstić information content (AvgIpc) is 2.65. The van der Waals surface area contributed by atoms with Gasteiger partial charge < -0.3 is 4.98 Å². The highest BCUT2D eigenvalue weighted by Crippen LogP contribution is 2.26. The van der Waals surface area contributed by atoms with Crippen LogP contribution >= 0.6 is 46.4 Å². The van der Waals surface area contributed by atoms with Gasteiger partial charge in [0.2, 0.25) is 0 Å². The summed E-state index contributed by atoms with van der Waals surface area (Å²) in [7, 11) is 0. The third-order valence-electron chi connectivity index (χ3n) is 2.79. The van der Waals surface area contributed by atoms with E-state index in [2.05, 4.69) is 27.6 Å². The minimum absolute atomic E-state index is 0.329. The van der Waals surface area contributed by atoms with E-state index in [0.717, 1.165) is 14.6 Å². The molecule has 0 spiro atoms. The zero-order valence-electron chi connectivity index (χ0n) is 9.45. The van der Waals surface area contributed by atoms with Crippen LogP contribution < -0.4 is 0 Å². The first-order chi connectivity index (χ1) is 9.06. The molecule has 19 heavy (non-hydrogen) atoms. The van der Waals surface area contributed by atoms with Crippen LogP contribution in [-0.2, 0) is 0 Å². The van der Waals surface area contributed by atoms with Crippen LogP contribution in [0.3, 0.4) is 0 Å². The van der Waals surface area contributed by atoms with E-state index in [-0.39, 0.29) is 5.82 Å². The molecule has 96 valence electrons. The number of aromatic amines is 1. The first-order valence-corrected chi connectivity index (χ1v) is 7.28. The molecule has 0 unspecified atom stereocenters. The molecule has 1 N–H and O–H groups in total. The van der Waals surface area contributed by atoms with Crippen LogP contribution in [0.4, 0.5) is 4.39 Å². The van der Waals surface area contributed by atoms with Gasteiger partial charge in [-0.1, -0.05) is 11.6 Å². The molecule has 3 rings (SSSR count). The van der Waals surface area contributed by atoms with E-state index in [4.69, 9.17) is 23.8 Å². The van der Waals surface area contributed by atoms with E-state index in [1.54, 1.807) is 6.07 Å². The fourth-order valence-corrected chi connectivity index (χ4v) is 3.04. The summed E-state index contributed by atoms with van der Waals surface area (Å²) in [5.74, 6) is -0.366. The molecule has 0 amide bonds. The monoisotopic (exact) mass is 404 g/mol. The average molecular weight is 405 g/mol. The Labute approximate surface area is 132 Å². The Bertz CT molecular complexity index is 840. The first kappa shape index (κ1) is 13.1. The largest absolute Gasteiger partial charge is 0.330 e. The molecule has 0 bridgehead atoms. The van der Waals surface area contributed by atoms with Crippen molar-refractivity contribution in [1.29, 1.82) is 0 Å². The number of H-pyrrole nitrogens is 1. The minimum atomic E-state index is -0.366. The Hall–Kier alpha value is -0.920. The molecule has 0 saturated carbocycles. The van der Waals surface area contributed by atoms with Gasteiger partial charge in [-0.05, 0) is 71.2 Å². The molecule has 1 heterocycles. The normalized spacial score (nSPS) is 11.1. The molecule has 2 aromatic carbocycles. The van der Waals surface area contributed by atoms with Crippen LogP contribution in [0.25, 0.3) is 16.7 Å². The fourth-order valence-electron chi connectivity index (χ4n) is 1.99. The van der Waals surface area contributed by atoms with Crippen LogP contribution in [-0.4, -0.2) is 9.55 Å². The molecule has 3 aromatic rings. The molecule has 0 radical (unpaired) electrons. The summed E-state index contributed by atoms with van der Waals surface area (Å²) in [6.07, 6.45) is 0. The van der Waals surface area contributed by atoms with Crippen LogP contribution in [0.2, 0.25) is 5.02 Å². The van der Waals surface area contributed by atoms with Crippen molar-refractivity contribution in [3.63, 3.8) is 0 Å². The van der Waals surface area contributed by atoms with E-state index in [0.29, 0.717) is 15.5 Å². The fraction of sp³-hybridized carbons (Fsp3) is 0. The maximum atomic E-state index is 13.1. The highest BCUT2D eigenvalue weighted by Gasteiger charge is 2.10. The molecule has 0 aliphatic rings. The Morgan fingerprint density at radius 2 is 2.00 bits per heavy atom. The lowest BCUT2D eigenvalue weighted by Crippen LogP contribution is -1.95. The smallest absolute Gasteiger partial charge is 0.182 e. The molecule has 2 nitrogen and oxygen atoms in total. The van der Waals surface area contributed by atoms with Gasteiger partial charge in [0.1, 0.15) is 5.82 Å². The predicted octanol–water partition coefficient (Wildman–Crippen LogP) is 5.09. The highest BCUT2D eigenvalue weighted by atomic mass is 127. The van der Waals surface area contributed by atoms with Crippen molar-refractivity contribution >= 4 is 57.4 Å².